The van der Waals surface area contributed by atoms with E-state index in [1.807, 2.05) is 0 Å². The topological polar surface area (TPSA) is 88.1 Å². The number of anilines is 1. The number of aliphatic carboxylic acids is 1. The third kappa shape index (κ3) is 3.46. The summed E-state index contributed by atoms with van der Waals surface area (Å²) in [5, 5.41) is 12.2. The molecule has 7 nitrogen and oxygen atoms in total. The van der Waals surface area contributed by atoms with E-state index in [0.29, 0.717) is 25.3 Å². The summed E-state index contributed by atoms with van der Waals surface area (Å²) in [6.07, 6.45) is 2.29. The van der Waals surface area contributed by atoms with Crippen LogP contribution in [0.5, 0.6) is 5.75 Å². The van der Waals surface area contributed by atoms with E-state index in [9.17, 15) is 19.1 Å². The van der Waals surface area contributed by atoms with Gasteiger partial charge in [-0.15, -0.1) is 0 Å². The lowest BCUT2D eigenvalue weighted by atomic mass is 9.81. The molecule has 0 bridgehead atoms. The minimum absolute atomic E-state index is 0.0148. The van der Waals surface area contributed by atoms with E-state index in [-0.39, 0.29) is 24.8 Å². The molecule has 0 aromatic heterocycles. The molecule has 0 spiro atoms. The van der Waals surface area contributed by atoms with Gasteiger partial charge in [-0.1, -0.05) is 6.42 Å². The molecule has 26 heavy (non-hydrogen) atoms. The van der Waals surface area contributed by atoms with Crippen LogP contribution in [0.3, 0.4) is 0 Å². The first kappa shape index (κ1) is 18.4. The van der Waals surface area contributed by atoms with Gasteiger partial charge in [-0.25, -0.2) is 9.18 Å². The Balaban J connectivity index is 1.62. The van der Waals surface area contributed by atoms with Crippen LogP contribution >= 0.6 is 0 Å². The van der Waals surface area contributed by atoms with Gasteiger partial charge in [-0.3, -0.25) is 4.79 Å². The maximum absolute atomic E-state index is 14.1. The first-order chi connectivity index (χ1) is 12.5. The van der Waals surface area contributed by atoms with Crippen molar-refractivity contribution in [3.63, 3.8) is 0 Å². The average molecular weight is 366 g/mol. The van der Waals surface area contributed by atoms with Crippen LogP contribution in [-0.2, 0) is 9.53 Å². The minimum atomic E-state index is -0.834. The smallest absolute Gasteiger partial charge is 0.321 e. The van der Waals surface area contributed by atoms with Crippen LogP contribution in [0, 0.1) is 17.2 Å². The third-order valence-corrected chi connectivity index (χ3v) is 5.31. The molecular weight excluding hydrogens is 343 g/mol. The van der Waals surface area contributed by atoms with Gasteiger partial charge in [0.2, 0.25) is 0 Å². The summed E-state index contributed by atoms with van der Waals surface area (Å²) in [5.41, 5.74) is -0.533. The lowest BCUT2D eigenvalue weighted by Crippen LogP contribution is -2.38. The van der Waals surface area contributed by atoms with E-state index in [0.717, 1.165) is 12.8 Å². The summed E-state index contributed by atoms with van der Waals surface area (Å²) < 4.78 is 24.1. The number of urea groups is 1. The SMILES string of the molecule is COCCOc1ccc(NC(=O)N2C[C@@H]3CCC[C@@]3(C(=O)O)C2)cc1F. The largest absolute Gasteiger partial charge is 0.488 e. The number of ether oxygens (including phenoxy) is 2. The van der Waals surface area contributed by atoms with Crippen LogP contribution in [0.4, 0.5) is 14.9 Å². The Labute approximate surface area is 151 Å². The zero-order valence-corrected chi connectivity index (χ0v) is 14.7. The maximum atomic E-state index is 14.1. The number of fused-ring (bicyclic) bond motifs is 1. The third-order valence-electron chi connectivity index (χ3n) is 5.31. The average Bonchev–Trinajstić information content (AvgIpc) is 3.15. The first-order valence-corrected chi connectivity index (χ1v) is 8.67. The van der Waals surface area contributed by atoms with E-state index < -0.39 is 23.2 Å². The molecule has 1 aromatic carbocycles. The molecule has 1 aliphatic carbocycles. The van der Waals surface area contributed by atoms with Gasteiger partial charge in [-0.05, 0) is 30.9 Å². The van der Waals surface area contributed by atoms with Gasteiger partial charge >= 0.3 is 12.0 Å². The molecule has 2 fully saturated rings. The molecule has 1 saturated heterocycles. The molecule has 142 valence electrons. The minimum Gasteiger partial charge on any atom is -0.488 e. The van der Waals surface area contributed by atoms with E-state index in [1.54, 1.807) is 6.07 Å². The van der Waals surface area contributed by atoms with Crippen molar-refractivity contribution in [1.29, 1.82) is 0 Å². The van der Waals surface area contributed by atoms with Crippen molar-refractivity contribution in [2.75, 3.05) is 38.7 Å². The summed E-state index contributed by atoms with van der Waals surface area (Å²) in [5.74, 6) is -1.35. The van der Waals surface area contributed by atoms with Crippen LogP contribution in [0.2, 0.25) is 0 Å². The number of hydrogen-bond acceptors (Lipinski definition) is 4. The monoisotopic (exact) mass is 366 g/mol. The van der Waals surface area contributed by atoms with E-state index in [4.69, 9.17) is 9.47 Å². The number of carboxylic acids is 1. The van der Waals surface area contributed by atoms with Crippen LogP contribution in [0.15, 0.2) is 18.2 Å². The number of halogens is 1. The van der Waals surface area contributed by atoms with Crippen LogP contribution in [0.1, 0.15) is 19.3 Å². The number of carboxylic acid groups (broad SMARTS) is 1. The summed E-state index contributed by atoms with van der Waals surface area (Å²) in [6.45, 7) is 1.18. The Hall–Kier alpha value is -2.35. The highest BCUT2D eigenvalue weighted by Crippen LogP contribution is 2.48. The van der Waals surface area contributed by atoms with Crippen LogP contribution in [-0.4, -0.2) is 55.4 Å². The molecular formula is C18H23FN2O5. The van der Waals surface area contributed by atoms with Crippen molar-refractivity contribution in [3.8, 4) is 5.75 Å². The number of nitrogens with one attached hydrogen (secondary N) is 1. The van der Waals surface area contributed by atoms with E-state index >= 15 is 0 Å². The second-order valence-corrected chi connectivity index (χ2v) is 6.85. The van der Waals surface area contributed by atoms with Crippen LogP contribution < -0.4 is 10.1 Å². The number of hydrogen-bond donors (Lipinski definition) is 2. The number of likely N-dealkylation sites (tertiary alicyclic amines) is 1. The quantitative estimate of drug-likeness (QED) is 0.756. The molecule has 2 N–H and O–H groups in total. The Morgan fingerprint density at radius 3 is 2.88 bits per heavy atom. The highest BCUT2D eigenvalue weighted by molar-refractivity contribution is 5.90. The number of rotatable bonds is 6. The first-order valence-electron chi connectivity index (χ1n) is 8.67. The predicted molar refractivity (Wildman–Crippen MR) is 91.8 cm³/mol. The molecule has 2 atom stereocenters. The van der Waals surface area contributed by atoms with Gasteiger partial charge in [0.15, 0.2) is 11.6 Å². The molecule has 8 heteroatoms. The zero-order valence-electron chi connectivity index (χ0n) is 14.7. The number of benzene rings is 1. The lowest BCUT2D eigenvalue weighted by Gasteiger charge is -2.23. The molecule has 1 heterocycles. The van der Waals surface area contributed by atoms with Gasteiger partial charge in [0.05, 0.1) is 12.0 Å². The van der Waals surface area contributed by atoms with Crippen molar-refractivity contribution in [2.45, 2.75) is 19.3 Å². The molecule has 2 aliphatic rings. The number of carbonyl (C=O) groups is 2. The molecule has 1 aromatic rings. The lowest BCUT2D eigenvalue weighted by molar-refractivity contribution is -0.149. The Morgan fingerprint density at radius 2 is 2.23 bits per heavy atom. The number of nitrogens with zero attached hydrogens (tertiary/aromatic N) is 1. The standard InChI is InChI=1S/C18H23FN2O5/c1-25-7-8-26-15-5-4-13(9-14(15)19)20-17(24)21-10-12-3-2-6-18(12,11-21)16(22)23/h4-5,9,12H,2-3,6-8,10-11H2,1H3,(H,20,24)(H,22,23)/t12-,18+/m0/s1. The van der Waals surface area contributed by atoms with Gasteiger partial charge in [0.25, 0.3) is 0 Å². The Morgan fingerprint density at radius 1 is 1.42 bits per heavy atom. The summed E-state index contributed by atoms with van der Waals surface area (Å²) in [6, 6.07) is 3.77. The summed E-state index contributed by atoms with van der Waals surface area (Å²) in [4.78, 5) is 25.7. The van der Waals surface area contributed by atoms with Crippen LogP contribution in [0.25, 0.3) is 0 Å². The van der Waals surface area contributed by atoms with Gasteiger partial charge in [-0.2, -0.15) is 0 Å². The summed E-state index contributed by atoms with van der Waals surface area (Å²) >= 11 is 0. The van der Waals surface area contributed by atoms with Crippen molar-refractivity contribution in [1.82, 2.24) is 4.90 Å². The highest BCUT2D eigenvalue weighted by atomic mass is 19.1. The Bertz CT molecular complexity index is 698. The van der Waals surface area contributed by atoms with Crippen molar-refractivity contribution >= 4 is 17.7 Å². The number of carbonyl (C=O) groups excluding carboxylic acids is 1. The van der Waals surface area contributed by atoms with Gasteiger partial charge in [0.1, 0.15) is 6.61 Å². The fourth-order valence-corrected chi connectivity index (χ4v) is 3.93. The maximum Gasteiger partial charge on any atom is 0.321 e. The van der Waals surface area contributed by atoms with Gasteiger partial charge in [0, 0.05) is 32.0 Å². The zero-order chi connectivity index (χ0) is 18.7. The second kappa shape index (κ2) is 7.49. The fourth-order valence-electron chi connectivity index (χ4n) is 3.93. The van der Waals surface area contributed by atoms with Crippen molar-refractivity contribution < 1.29 is 28.6 Å². The molecule has 1 saturated carbocycles. The molecule has 0 unspecified atom stereocenters. The highest BCUT2D eigenvalue weighted by Gasteiger charge is 2.55. The normalized spacial score (nSPS) is 24.4. The number of amides is 2. The molecule has 3 rings (SSSR count). The van der Waals surface area contributed by atoms with Crippen molar-refractivity contribution in [3.05, 3.63) is 24.0 Å². The molecule has 1 aliphatic heterocycles. The second-order valence-electron chi connectivity index (χ2n) is 6.85. The molecule has 2 amide bonds. The van der Waals surface area contributed by atoms with Gasteiger partial charge < -0.3 is 24.8 Å². The fraction of sp³-hybridized carbons (Fsp3) is 0.556. The van der Waals surface area contributed by atoms with E-state index in [2.05, 4.69) is 5.32 Å². The van der Waals surface area contributed by atoms with E-state index in [1.165, 1.54) is 24.1 Å². The predicted octanol–water partition coefficient (Wildman–Crippen LogP) is 2.57. The van der Waals surface area contributed by atoms with Crippen molar-refractivity contribution in [2.24, 2.45) is 11.3 Å². The summed E-state index contributed by atoms with van der Waals surface area (Å²) in [7, 11) is 1.53. The molecule has 0 radical (unpaired) electrons. The Kier molecular flexibility index (Phi) is 5.31. The number of methoxy groups -OCH3 is 1.